The third-order valence-electron chi connectivity index (χ3n) is 6.90. The fraction of sp³-hybridized carbons (Fsp3) is 0.591. The summed E-state index contributed by atoms with van der Waals surface area (Å²) >= 11 is 1.68. The summed E-state index contributed by atoms with van der Waals surface area (Å²) in [5.41, 5.74) is 6.61. The molecule has 3 fully saturated rings. The van der Waals surface area contributed by atoms with Crippen LogP contribution in [-0.2, 0) is 16.1 Å². The Morgan fingerprint density at radius 3 is 2.66 bits per heavy atom. The van der Waals surface area contributed by atoms with Gasteiger partial charge in [0.2, 0.25) is 11.8 Å². The van der Waals surface area contributed by atoms with E-state index in [0.29, 0.717) is 25.2 Å². The number of nitrogens with two attached hydrogens (primary N) is 1. The highest BCUT2D eigenvalue weighted by Crippen LogP contribution is 2.57. The molecule has 10 heteroatoms. The number of thioether (sulfide) groups is 1. The number of nitrogens with zero attached hydrogens (tertiary/aromatic N) is 5. The summed E-state index contributed by atoms with van der Waals surface area (Å²) in [6, 6.07) is 9.14. The average molecular weight is 456 g/mol. The molecule has 2 aromatic rings. The zero-order valence-corrected chi connectivity index (χ0v) is 19.2. The van der Waals surface area contributed by atoms with Gasteiger partial charge in [0, 0.05) is 4.75 Å². The Hall–Kier alpha value is -2.46. The van der Waals surface area contributed by atoms with Gasteiger partial charge in [0.1, 0.15) is 17.5 Å². The smallest absolute Gasteiger partial charge is 0.249 e. The second kappa shape index (κ2) is 7.84. The Balaban J connectivity index is 1.35. The van der Waals surface area contributed by atoms with E-state index in [1.165, 1.54) is 0 Å². The first kappa shape index (κ1) is 21.4. The summed E-state index contributed by atoms with van der Waals surface area (Å²) in [5.74, 6) is 0.362. The summed E-state index contributed by atoms with van der Waals surface area (Å²) in [7, 11) is 0. The van der Waals surface area contributed by atoms with Gasteiger partial charge in [0.15, 0.2) is 5.82 Å². The number of rotatable bonds is 5. The van der Waals surface area contributed by atoms with Gasteiger partial charge in [0.05, 0.1) is 12.1 Å². The third kappa shape index (κ3) is 3.49. The van der Waals surface area contributed by atoms with E-state index in [4.69, 9.17) is 5.73 Å². The molecule has 0 spiro atoms. The maximum Gasteiger partial charge on any atom is 0.249 e. The number of nitrogens with one attached hydrogen (secondary N) is 1. The van der Waals surface area contributed by atoms with Gasteiger partial charge < -0.3 is 16.0 Å². The molecular weight excluding hydrogens is 426 g/mol. The standard InChI is InChI=1S/C22H29N7O2S/c1-21(2)16(17-25-26-27-28(17)13-14-9-5-3-6-10-14)29-18(30)15(19(29)32-21)24-20(31)22(23)11-7-4-8-12-22/h3,5-6,9-10,15-16,19H,4,7-8,11-13,23H2,1-2H3,(H,24,31)/t15?,16?,19-/m0/s1. The van der Waals surface area contributed by atoms with Crippen LogP contribution in [0.2, 0.25) is 0 Å². The molecule has 0 bridgehead atoms. The average Bonchev–Trinajstić information content (AvgIpc) is 3.32. The number of benzene rings is 1. The van der Waals surface area contributed by atoms with E-state index in [9.17, 15) is 9.59 Å². The van der Waals surface area contributed by atoms with E-state index in [0.717, 1.165) is 24.8 Å². The van der Waals surface area contributed by atoms with Crippen LogP contribution in [0.3, 0.4) is 0 Å². The highest BCUT2D eigenvalue weighted by molar-refractivity contribution is 8.01. The topological polar surface area (TPSA) is 119 Å². The number of hydrogen-bond donors (Lipinski definition) is 2. The highest BCUT2D eigenvalue weighted by Gasteiger charge is 2.63. The number of β-lactam (4-membered cyclic amide) rings is 1. The van der Waals surface area contributed by atoms with Crippen molar-refractivity contribution in [3.8, 4) is 0 Å². The molecule has 1 aromatic carbocycles. The largest absolute Gasteiger partial charge is 0.340 e. The zero-order chi connectivity index (χ0) is 22.5. The summed E-state index contributed by atoms with van der Waals surface area (Å²) in [5, 5.41) is 15.2. The van der Waals surface area contributed by atoms with E-state index >= 15 is 0 Å². The van der Waals surface area contributed by atoms with Gasteiger partial charge in [-0.15, -0.1) is 16.9 Å². The number of carbonyl (C=O) groups is 2. The molecule has 2 amide bonds. The molecule has 1 aliphatic carbocycles. The molecular formula is C22H29N7O2S. The second-order valence-electron chi connectivity index (χ2n) is 9.61. The molecule has 2 unspecified atom stereocenters. The Morgan fingerprint density at radius 1 is 1.22 bits per heavy atom. The molecule has 1 saturated carbocycles. The van der Waals surface area contributed by atoms with Crippen LogP contribution in [0.25, 0.3) is 0 Å². The molecule has 2 saturated heterocycles. The minimum absolute atomic E-state index is 0.0971. The Kier molecular flexibility index (Phi) is 5.24. The van der Waals surface area contributed by atoms with Crippen molar-refractivity contribution in [2.24, 2.45) is 5.73 Å². The quantitative estimate of drug-likeness (QED) is 0.657. The van der Waals surface area contributed by atoms with E-state index in [-0.39, 0.29) is 28.0 Å². The van der Waals surface area contributed by atoms with Crippen LogP contribution in [-0.4, -0.2) is 58.6 Å². The maximum atomic E-state index is 13.2. The van der Waals surface area contributed by atoms with Crippen LogP contribution in [0, 0.1) is 0 Å². The van der Waals surface area contributed by atoms with Crippen LogP contribution in [0.5, 0.6) is 0 Å². The molecule has 2 aliphatic heterocycles. The Labute approximate surface area is 191 Å². The van der Waals surface area contributed by atoms with Crippen LogP contribution in [0.1, 0.15) is 63.4 Å². The van der Waals surface area contributed by atoms with Gasteiger partial charge in [-0.05, 0) is 42.7 Å². The van der Waals surface area contributed by atoms with E-state index in [1.807, 2.05) is 35.2 Å². The number of amides is 2. The molecule has 3 aliphatic rings. The van der Waals surface area contributed by atoms with Crippen LogP contribution < -0.4 is 11.1 Å². The van der Waals surface area contributed by atoms with Crippen LogP contribution in [0.15, 0.2) is 30.3 Å². The lowest BCUT2D eigenvalue weighted by Gasteiger charge is -2.45. The molecule has 170 valence electrons. The predicted octanol–water partition coefficient (Wildman–Crippen LogP) is 1.60. The number of tetrazole rings is 1. The number of carbonyl (C=O) groups excluding carboxylic acids is 2. The Morgan fingerprint density at radius 2 is 1.94 bits per heavy atom. The van der Waals surface area contributed by atoms with Crippen molar-refractivity contribution in [3.63, 3.8) is 0 Å². The summed E-state index contributed by atoms with van der Waals surface area (Å²) in [6.45, 7) is 4.72. The first-order chi connectivity index (χ1) is 15.3. The predicted molar refractivity (Wildman–Crippen MR) is 120 cm³/mol. The lowest BCUT2D eigenvalue weighted by atomic mass is 9.81. The minimum Gasteiger partial charge on any atom is -0.340 e. The van der Waals surface area contributed by atoms with Crippen molar-refractivity contribution >= 4 is 23.6 Å². The normalized spacial score (nSPS) is 28.2. The maximum absolute atomic E-state index is 13.2. The Bertz CT molecular complexity index is 1020. The molecule has 1 aromatic heterocycles. The van der Waals surface area contributed by atoms with Crippen molar-refractivity contribution in [1.29, 1.82) is 0 Å². The van der Waals surface area contributed by atoms with E-state index in [1.54, 1.807) is 16.4 Å². The second-order valence-corrected chi connectivity index (χ2v) is 11.4. The van der Waals surface area contributed by atoms with Gasteiger partial charge in [-0.2, -0.15) is 0 Å². The van der Waals surface area contributed by atoms with E-state index in [2.05, 4.69) is 34.7 Å². The first-order valence-electron chi connectivity index (χ1n) is 11.2. The van der Waals surface area contributed by atoms with Crippen molar-refractivity contribution in [1.82, 2.24) is 30.4 Å². The van der Waals surface area contributed by atoms with Crippen molar-refractivity contribution in [2.75, 3.05) is 0 Å². The van der Waals surface area contributed by atoms with Gasteiger partial charge in [-0.25, -0.2) is 4.68 Å². The number of aromatic nitrogens is 4. The van der Waals surface area contributed by atoms with Gasteiger partial charge in [-0.1, -0.05) is 49.6 Å². The highest BCUT2D eigenvalue weighted by atomic mass is 32.2. The molecule has 3 heterocycles. The number of fused-ring (bicyclic) bond motifs is 1. The summed E-state index contributed by atoms with van der Waals surface area (Å²) in [6.07, 6.45) is 4.35. The molecule has 3 N–H and O–H groups in total. The van der Waals surface area contributed by atoms with Crippen LogP contribution in [0.4, 0.5) is 0 Å². The lowest BCUT2D eigenvalue weighted by molar-refractivity contribution is -0.152. The monoisotopic (exact) mass is 455 g/mol. The molecule has 5 rings (SSSR count). The minimum atomic E-state index is -0.864. The van der Waals surface area contributed by atoms with Crippen molar-refractivity contribution < 1.29 is 9.59 Å². The fourth-order valence-corrected chi connectivity index (χ4v) is 6.77. The van der Waals surface area contributed by atoms with Gasteiger partial charge >= 0.3 is 0 Å². The SMILES string of the molecule is CC1(C)S[C@H]2C(NC(=O)C3(N)CCCCC3)C(=O)N2C1c1nnnn1Cc1ccccc1. The van der Waals surface area contributed by atoms with Gasteiger partial charge in [0.25, 0.3) is 0 Å². The lowest BCUT2D eigenvalue weighted by Crippen LogP contribution is -2.70. The molecule has 0 radical (unpaired) electrons. The van der Waals surface area contributed by atoms with Crippen molar-refractivity contribution in [2.45, 2.75) is 80.2 Å². The van der Waals surface area contributed by atoms with Gasteiger partial charge in [-0.3, -0.25) is 9.59 Å². The summed E-state index contributed by atoms with van der Waals surface area (Å²) in [4.78, 5) is 28.0. The number of hydrogen-bond acceptors (Lipinski definition) is 7. The first-order valence-corrected chi connectivity index (χ1v) is 12.1. The third-order valence-corrected chi connectivity index (χ3v) is 8.48. The molecule has 32 heavy (non-hydrogen) atoms. The van der Waals surface area contributed by atoms with E-state index < -0.39 is 11.6 Å². The van der Waals surface area contributed by atoms with Crippen LogP contribution >= 0.6 is 11.8 Å². The zero-order valence-electron chi connectivity index (χ0n) is 18.4. The molecule has 9 nitrogen and oxygen atoms in total. The fourth-order valence-electron chi connectivity index (χ4n) is 5.14. The van der Waals surface area contributed by atoms with Crippen molar-refractivity contribution in [3.05, 3.63) is 41.7 Å². The summed E-state index contributed by atoms with van der Waals surface area (Å²) < 4.78 is 1.45. The molecule has 3 atom stereocenters.